The number of anilines is 1. The molecule has 1 amide bonds. The summed E-state index contributed by atoms with van der Waals surface area (Å²) in [5.41, 5.74) is 3.33. The number of fused-ring (bicyclic) bond motifs is 1. The molecule has 4 rings (SSSR count). The summed E-state index contributed by atoms with van der Waals surface area (Å²) in [4.78, 5) is 21.4. The molecule has 4 aromatic rings. The van der Waals surface area contributed by atoms with Gasteiger partial charge in [0.1, 0.15) is 10.6 Å². The van der Waals surface area contributed by atoms with Crippen molar-refractivity contribution in [3.8, 4) is 21.8 Å². The van der Waals surface area contributed by atoms with Crippen molar-refractivity contribution in [2.45, 2.75) is 26.4 Å². The third kappa shape index (κ3) is 4.05. The maximum absolute atomic E-state index is 12.0. The van der Waals surface area contributed by atoms with Crippen molar-refractivity contribution in [2.24, 2.45) is 0 Å². The minimum atomic E-state index is -0.555. The van der Waals surface area contributed by atoms with Gasteiger partial charge >= 0.3 is 6.09 Å². The Kier molecular flexibility index (Phi) is 4.87. The highest BCUT2D eigenvalue weighted by molar-refractivity contribution is 7.23. The number of hydrogen-bond donors (Lipinski definition) is 1. The zero-order chi connectivity index (χ0) is 19.7. The predicted molar refractivity (Wildman–Crippen MR) is 116 cm³/mol. The lowest BCUT2D eigenvalue weighted by Crippen LogP contribution is -2.27. The van der Waals surface area contributed by atoms with Crippen molar-refractivity contribution >= 4 is 44.1 Å². The molecule has 5 nitrogen and oxygen atoms in total. The molecule has 2 aromatic heterocycles. The molecule has 7 heteroatoms. The van der Waals surface area contributed by atoms with Gasteiger partial charge in [-0.25, -0.2) is 14.8 Å². The van der Waals surface area contributed by atoms with Gasteiger partial charge in [-0.3, -0.25) is 5.32 Å². The quantitative estimate of drug-likeness (QED) is 0.423. The molecule has 2 aromatic carbocycles. The summed E-state index contributed by atoms with van der Waals surface area (Å²) in [6.07, 6.45) is -0.506. The number of thiazole rings is 2. The van der Waals surface area contributed by atoms with Crippen molar-refractivity contribution in [3.63, 3.8) is 0 Å². The van der Waals surface area contributed by atoms with Gasteiger partial charge in [-0.15, -0.1) is 11.3 Å². The van der Waals surface area contributed by atoms with Crippen LogP contribution in [0.25, 0.3) is 32.0 Å². The van der Waals surface area contributed by atoms with Gasteiger partial charge in [0.15, 0.2) is 5.13 Å². The fraction of sp³-hybridized carbons (Fsp3) is 0.190. The molecule has 0 bridgehead atoms. The minimum absolute atomic E-state index is 0.506. The second kappa shape index (κ2) is 7.33. The van der Waals surface area contributed by atoms with Crippen molar-refractivity contribution in [1.29, 1.82) is 0 Å². The molecule has 0 aliphatic carbocycles. The molecule has 0 aliphatic rings. The lowest BCUT2D eigenvalue weighted by Gasteiger charge is -2.18. The van der Waals surface area contributed by atoms with Crippen molar-refractivity contribution < 1.29 is 9.53 Å². The van der Waals surface area contributed by atoms with Gasteiger partial charge < -0.3 is 4.74 Å². The molecule has 0 unspecified atom stereocenters. The molecule has 0 atom stereocenters. The lowest BCUT2D eigenvalue weighted by molar-refractivity contribution is 0.0636. The number of nitrogens with one attached hydrogen (secondary N) is 1. The van der Waals surface area contributed by atoms with Crippen molar-refractivity contribution in [3.05, 3.63) is 53.9 Å². The SMILES string of the molecule is CC(C)(C)OC(=O)Nc1nc2cccc(-c3nc(-c4ccccc4)cs3)c2s1. The Hall–Kier alpha value is -2.77. The first-order valence-electron chi connectivity index (χ1n) is 8.80. The molecular formula is C21H19N3O2S2. The van der Waals surface area contributed by atoms with Gasteiger partial charge in [-0.1, -0.05) is 53.8 Å². The smallest absolute Gasteiger partial charge is 0.413 e. The Morgan fingerprint density at radius 3 is 2.57 bits per heavy atom. The van der Waals surface area contributed by atoms with Crippen LogP contribution in [0.4, 0.5) is 9.93 Å². The average Bonchev–Trinajstić information content (AvgIpc) is 3.27. The van der Waals surface area contributed by atoms with Gasteiger partial charge in [0, 0.05) is 16.5 Å². The highest BCUT2D eigenvalue weighted by Gasteiger charge is 2.19. The Balaban J connectivity index is 1.65. The van der Waals surface area contributed by atoms with E-state index in [4.69, 9.17) is 9.72 Å². The third-order valence-corrected chi connectivity index (χ3v) is 5.72. The van der Waals surface area contributed by atoms with Crippen molar-refractivity contribution in [1.82, 2.24) is 9.97 Å². The Labute approximate surface area is 171 Å². The summed E-state index contributed by atoms with van der Waals surface area (Å²) in [7, 11) is 0. The second-order valence-electron chi connectivity index (χ2n) is 7.20. The molecule has 28 heavy (non-hydrogen) atoms. The van der Waals surface area contributed by atoms with Crippen LogP contribution in [0.1, 0.15) is 20.8 Å². The van der Waals surface area contributed by atoms with Crippen LogP contribution in [0.15, 0.2) is 53.9 Å². The molecule has 2 heterocycles. The second-order valence-corrected chi connectivity index (χ2v) is 9.06. The van der Waals surface area contributed by atoms with E-state index in [2.05, 4.69) is 27.8 Å². The largest absolute Gasteiger partial charge is 0.444 e. The monoisotopic (exact) mass is 409 g/mol. The van der Waals surface area contributed by atoms with Gasteiger partial charge in [0.2, 0.25) is 0 Å². The van der Waals surface area contributed by atoms with Crippen LogP contribution in [0, 0.1) is 0 Å². The number of ether oxygens (including phenoxy) is 1. The van der Waals surface area contributed by atoms with Crippen LogP contribution in [0.3, 0.4) is 0 Å². The van der Waals surface area contributed by atoms with E-state index in [-0.39, 0.29) is 0 Å². The maximum Gasteiger partial charge on any atom is 0.413 e. The summed E-state index contributed by atoms with van der Waals surface area (Å²) in [5.74, 6) is 0. The lowest BCUT2D eigenvalue weighted by atomic mass is 10.2. The Bertz CT molecular complexity index is 1130. The van der Waals surface area contributed by atoms with Crippen LogP contribution >= 0.6 is 22.7 Å². The van der Waals surface area contributed by atoms with Crippen LogP contribution in [-0.2, 0) is 4.74 Å². The standard InChI is InChI=1S/C21H19N3O2S2/c1-21(2,3)26-20(25)24-19-23-15-11-7-10-14(17(15)28-19)18-22-16(12-27-18)13-8-5-4-6-9-13/h4-12H,1-3H3,(H,23,24,25). The third-order valence-electron chi connectivity index (χ3n) is 3.83. The first kappa shape index (κ1) is 18.6. The van der Waals surface area contributed by atoms with E-state index < -0.39 is 11.7 Å². The minimum Gasteiger partial charge on any atom is -0.444 e. The van der Waals surface area contributed by atoms with E-state index in [9.17, 15) is 4.79 Å². The van der Waals surface area contributed by atoms with E-state index in [1.165, 1.54) is 11.3 Å². The van der Waals surface area contributed by atoms with Crippen LogP contribution in [-0.4, -0.2) is 21.7 Å². The molecular weight excluding hydrogens is 390 g/mol. The van der Waals surface area contributed by atoms with E-state index in [1.807, 2.05) is 57.2 Å². The summed E-state index contributed by atoms with van der Waals surface area (Å²) in [6, 6.07) is 16.0. The summed E-state index contributed by atoms with van der Waals surface area (Å²) >= 11 is 3.02. The van der Waals surface area contributed by atoms with E-state index in [0.29, 0.717) is 5.13 Å². The van der Waals surface area contributed by atoms with E-state index in [1.54, 1.807) is 11.3 Å². The highest BCUT2D eigenvalue weighted by Crippen LogP contribution is 2.37. The number of aromatic nitrogens is 2. The van der Waals surface area contributed by atoms with Crippen molar-refractivity contribution in [2.75, 3.05) is 5.32 Å². The molecule has 0 radical (unpaired) electrons. The topological polar surface area (TPSA) is 64.1 Å². The number of carbonyl (C=O) groups excluding carboxylic acids is 1. The van der Waals surface area contributed by atoms with E-state index >= 15 is 0 Å². The predicted octanol–water partition coefficient (Wildman–Crippen LogP) is 6.43. The first-order chi connectivity index (χ1) is 13.4. The fourth-order valence-electron chi connectivity index (χ4n) is 2.70. The first-order valence-corrected chi connectivity index (χ1v) is 10.5. The zero-order valence-corrected chi connectivity index (χ0v) is 17.4. The molecule has 0 fully saturated rings. The normalized spacial score (nSPS) is 11.5. The number of rotatable bonds is 3. The van der Waals surface area contributed by atoms with Crippen LogP contribution in [0.2, 0.25) is 0 Å². The van der Waals surface area contributed by atoms with Gasteiger partial charge in [-0.2, -0.15) is 0 Å². The van der Waals surface area contributed by atoms with Crippen LogP contribution < -0.4 is 5.32 Å². The van der Waals surface area contributed by atoms with Gasteiger partial charge in [0.25, 0.3) is 0 Å². The van der Waals surface area contributed by atoms with Gasteiger partial charge in [0.05, 0.1) is 15.9 Å². The molecule has 142 valence electrons. The molecule has 0 spiro atoms. The Morgan fingerprint density at radius 1 is 1.04 bits per heavy atom. The van der Waals surface area contributed by atoms with Gasteiger partial charge in [-0.05, 0) is 26.8 Å². The number of amides is 1. The Morgan fingerprint density at radius 2 is 1.82 bits per heavy atom. The summed E-state index contributed by atoms with van der Waals surface area (Å²) in [5, 5.41) is 6.23. The maximum atomic E-state index is 12.0. The fourth-order valence-corrected chi connectivity index (χ4v) is 4.59. The summed E-state index contributed by atoms with van der Waals surface area (Å²) in [6.45, 7) is 5.49. The average molecular weight is 410 g/mol. The molecule has 0 saturated heterocycles. The van der Waals surface area contributed by atoms with Crippen LogP contribution in [0.5, 0.6) is 0 Å². The number of hydrogen-bond acceptors (Lipinski definition) is 6. The highest BCUT2D eigenvalue weighted by atomic mass is 32.1. The number of nitrogens with zero attached hydrogens (tertiary/aromatic N) is 2. The summed E-state index contributed by atoms with van der Waals surface area (Å²) < 4.78 is 6.30. The number of carbonyl (C=O) groups is 1. The molecule has 0 aliphatic heterocycles. The zero-order valence-electron chi connectivity index (χ0n) is 15.7. The van der Waals surface area contributed by atoms with E-state index in [0.717, 1.165) is 32.0 Å². The molecule has 1 N–H and O–H groups in total. The molecule has 0 saturated carbocycles. The number of benzene rings is 2.